The molecule has 124 valence electrons. The molecular weight excluding hydrogens is 342 g/mol. The Bertz CT molecular complexity index is 772. The van der Waals surface area contributed by atoms with Gasteiger partial charge >= 0.3 is 0 Å². The fraction of sp³-hybridized carbons (Fsp3) is 0.250. The Labute approximate surface area is 148 Å². The van der Waals surface area contributed by atoms with E-state index in [0.717, 1.165) is 33.6 Å². The summed E-state index contributed by atoms with van der Waals surface area (Å²) < 4.78 is 6.26. The van der Waals surface area contributed by atoms with Gasteiger partial charge in [-0.05, 0) is 6.42 Å². The number of nitrogens with one attached hydrogen (secondary N) is 1. The highest BCUT2D eigenvalue weighted by molar-refractivity contribution is 8.01. The summed E-state index contributed by atoms with van der Waals surface area (Å²) in [6.45, 7) is 4.36. The van der Waals surface area contributed by atoms with E-state index in [1.807, 2.05) is 30.3 Å². The number of anilines is 1. The van der Waals surface area contributed by atoms with Gasteiger partial charge < -0.3 is 9.84 Å². The molecule has 0 bridgehead atoms. The Morgan fingerprint density at radius 1 is 1.25 bits per heavy atom. The Hall–Kier alpha value is -2.19. The summed E-state index contributed by atoms with van der Waals surface area (Å²) in [4.78, 5) is 4.43. The second kappa shape index (κ2) is 8.60. The molecular formula is C16H17N5OS2. The van der Waals surface area contributed by atoms with Gasteiger partial charge in [-0.1, -0.05) is 64.7 Å². The third kappa shape index (κ3) is 4.65. The van der Waals surface area contributed by atoms with Crippen LogP contribution in [0.5, 0.6) is 0 Å². The molecule has 0 atom stereocenters. The van der Waals surface area contributed by atoms with E-state index in [0.29, 0.717) is 18.3 Å². The summed E-state index contributed by atoms with van der Waals surface area (Å²) in [5.74, 6) is 2.24. The molecule has 0 saturated carbocycles. The summed E-state index contributed by atoms with van der Waals surface area (Å²) in [6, 6.07) is 9.83. The monoisotopic (exact) mass is 359 g/mol. The Kier molecular flexibility index (Phi) is 5.97. The molecule has 24 heavy (non-hydrogen) atoms. The van der Waals surface area contributed by atoms with Crippen LogP contribution in [0.2, 0.25) is 0 Å². The molecule has 2 heterocycles. The molecule has 0 fully saturated rings. The van der Waals surface area contributed by atoms with Crippen LogP contribution in [-0.2, 0) is 6.42 Å². The van der Waals surface area contributed by atoms with Gasteiger partial charge in [0.25, 0.3) is 0 Å². The van der Waals surface area contributed by atoms with Crippen LogP contribution in [0.1, 0.15) is 12.3 Å². The predicted octanol–water partition coefficient (Wildman–Crippen LogP) is 3.91. The number of aromatic nitrogens is 4. The molecule has 0 aliphatic rings. The average molecular weight is 359 g/mol. The van der Waals surface area contributed by atoms with E-state index in [2.05, 4.69) is 32.2 Å². The van der Waals surface area contributed by atoms with Gasteiger partial charge in [0.05, 0.1) is 0 Å². The highest BCUT2D eigenvalue weighted by atomic mass is 32.2. The van der Waals surface area contributed by atoms with Crippen molar-refractivity contribution < 1.29 is 4.52 Å². The SMILES string of the molecule is C=CCNc1nnc(SCCCc2nc(-c3ccccc3)no2)s1. The number of hydrogen-bond acceptors (Lipinski definition) is 8. The zero-order valence-electron chi connectivity index (χ0n) is 13.0. The van der Waals surface area contributed by atoms with Crippen LogP contribution in [0, 0.1) is 0 Å². The quantitative estimate of drug-likeness (QED) is 0.352. The molecule has 0 aliphatic heterocycles. The van der Waals surface area contributed by atoms with Crippen LogP contribution in [0.15, 0.2) is 51.8 Å². The van der Waals surface area contributed by atoms with Gasteiger partial charge in [-0.25, -0.2) is 0 Å². The standard InChI is InChI=1S/C16H17N5OS2/c1-2-10-17-15-19-20-16(24-15)23-11-6-9-13-18-14(21-22-13)12-7-4-3-5-8-12/h2-5,7-8H,1,6,9-11H2,(H,17,19). The van der Waals surface area contributed by atoms with Crippen molar-refractivity contribution in [2.45, 2.75) is 17.2 Å². The van der Waals surface area contributed by atoms with Crippen molar-refractivity contribution in [2.75, 3.05) is 17.6 Å². The van der Waals surface area contributed by atoms with Crippen molar-refractivity contribution in [3.05, 3.63) is 48.9 Å². The lowest BCUT2D eigenvalue weighted by molar-refractivity contribution is 0.378. The number of thioether (sulfide) groups is 1. The van der Waals surface area contributed by atoms with Gasteiger partial charge in [-0.15, -0.1) is 16.8 Å². The van der Waals surface area contributed by atoms with Crippen LogP contribution in [-0.4, -0.2) is 32.6 Å². The number of benzene rings is 1. The van der Waals surface area contributed by atoms with E-state index >= 15 is 0 Å². The van der Waals surface area contributed by atoms with Crippen molar-refractivity contribution in [3.8, 4) is 11.4 Å². The topological polar surface area (TPSA) is 76.7 Å². The molecule has 1 N–H and O–H groups in total. The van der Waals surface area contributed by atoms with Gasteiger partial charge in [0.15, 0.2) is 4.34 Å². The lowest BCUT2D eigenvalue weighted by atomic mass is 10.2. The van der Waals surface area contributed by atoms with Gasteiger partial charge in [-0.3, -0.25) is 0 Å². The molecule has 3 rings (SSSR count). The Morgan fingerprint density at radius 2 is 2.12 bits per heavy atom. The van der Waals surface area contributed by atoms with Crippen LogP contribution in [0.4, 0.5) is 5.13 Å². The molecule has 6 nitrogen and oxygen atoms in total. The normalized spacial score (nSPS) is 10.7. The molecule has 2 aromatic heterocycles. The first-order valence-corrected chi connectivity index (χ1v) is 9.34. The maximum absolute atomic E-state index is 5.30. The molecule has 8 heteroatoms. The van der Waals surface area contributed by atoms with Crippen molar-refractivity contribution in [3.63, 3.8) is 0 Å². The minimum atomic E-state index is 0.639. The van der Waals surface area contributed by atoms with E-state index in [1.165, 1.54) is 0 Å². The van der Waals surface area contributed by atoms with E-state index in [4.69, 9.17) is 4.52 Å². The fourth-order valence-corrected chi connectivity index (χ4v) is 3.71. The second-order valence-corrected chi connectivity index (χ2v) is 7.19. The zero-order chi connectivity index (χ0) is 16.6. The highest BCUT2D eigenvalue weighted by Gasteiger charge is 2.09. The number of rotatable bonds is 9. The molecule has 0 amide bonds. The van der Waals surface area contributed by atoms with E-state index in [1.54, 1.807) is 29.2 Å². The smallest absolute Gasteiger partial charge is 0.226 e. The maximum Gasteiger partial charge on any atom is 0.226 e. The Morgan fingerprint density at radius 3 is 2.96 bits per heavy atom. The van der Waals surface area contributed by atoms with Gasteiger partial charge in [-0.2, -0.15) is 4.98 Å². The Balaban J connectivity index is 1.43. The van der Waals surface area contributed by atoms with Crippen LogP contribution >= 0.6 is 23.1 Å². The summed E-state index contributed by atoms with van der Waals surface area (Å²) in [5, 5.41) is 16.2. The molecule has 0 aliphatic carbocycles. The molecule has 0 radical (unpaired) electrons. The van der Waals surface area contributed by atoms with Crippen LogP contribution in [0.25, 0.3) is 11.4 Å². The molecule has 0 unspecified atom stereocenters. The van der Waals surface area contributed by atoms with Gasteiger partial charge in [0, 0.05) is 24.3 Å². The first kappa shape index (κ1) is 16.7. The summed E-state index contributed by atoms with van der Waals surface area (Å²) in [6.07, 6.45) is 3.49. The lowest BCUT2D eigenvalue weighted by Gasteiger charge is -1.95. The molecule has 0 spiro atoms. The van der Waals surface area contributed by atoms with E-state index < -0.39 is 0 Å². The van der Waals surface area contributed by atoms with Gasteiger partial charge in [0.2, 0.25) is 16.8 Å². The molecule has 0 saturated heterocycles. The average Bonchev–Trinajstić information content (AvgIpc) is 3.27. The van der Waals surface area contributed by atoms with Gasteiger partial charge in [0.1, 0.15) is 0 Å². The van der Waals surface area contributed by atoms with Crippen molar-refractivity contribution in [2.24, 2.45) is 0 Å². The minimum Gasteiger partial charge on any atom is -0.357 e. The van der Waals surface area contributed by atoms with Crippen LogP contribution in [0.3, 0.4) is 0 Å². The van der Waals surface area contributed by atoms with Crippen molar-refractivity contribution >= 4 is 28.2 Å². The molecule has 3 aromatic rings. The van der Waals surface area contributed by atoms with Crippen molar-refractivity contribution in [1.82, 2.24) is 20.3 Å². The fourth-order valence-electron chi connectivity index (χ4n) is 1.94. The number of hydrogen-bond donors (Lipinski definition) is 1. The van der Waals surface area contributed by atoms with Crippen LogP contribution < -0.4 is 5.32 Å². The maximum atomic E-state index is 5.30. The highest BCUT2D eigenvalue weighted by Crippen LogP contribution is 2.26. The minimum absolute atomic E-state index is 0.639. The summed E-state index contributed by atoms with van der Waals surface area (Å²) in [5.41, 5.74) is 0.968. The largest absolute Gasteiger partial charge is 0.357 e. The number of nitrogens with zero attached hydrogens (tertiary/aromatic N) is 4. The first-order chi connectivity index (χ1) is 11.8. The van der Waals surface area contributed by atoms with E-state index in [9.17, 15) is 0 Å². The lowest BCUT2D eigenvalue weighted by Crippen LogP contribution is -1.96. The predicted molar refractivity (Wildman–Crippen MR) is 97.4 cm³/mol. The van der Waals surface area contributed by atoms with E-state index in [-0.39, 0.29) is 0 Å². The third-order valence-corrected chi connectivity index (χ3v) is 5.17. The summed E-state index contributed by atoms with van der Waals surface area (Å²) in [7, 11) is 0. The zero-order valence-corrected chi connectivity index (χ0v) is 14.6. The summed E-state index contributed by atoms with van der Waals surface area (Å²) >= 11 is 3.24. The third-order valence-electron chi connectivity index (χ3n) is 3.06. The first-order valence-electron chi connectivity index (χ1n) is 7.54. The number of aryl methyl sites for hydroxylation is 1. The second-order valence-electron chi connectivity index (χ2n) is 4.87. The van der Waals surface area contributed by atoms with Crippen molar-refractivity contribution in [1.29, 1.82) is 0 Å². The molecule has 1 aromatic carbocycles.